The molecule has 0 aliphatic carbocycles. The van der Waals surface area contributed by atoms with Crippen LogP contribution in [0.3, 0.4) is 0 Å². The quantitative estimate of drug-likeness (QED) is 0.912. The minimum Gasteiger partial charge on any atom is -0.392 e. The lowest BCUT2D eigenvalue weighted by Gasteiger charge is -2.34. The Kier molecular flexibility index (Phi) is 5.07. The molecule has 2 heterocycles. The van der Waals surface area contributed by atoms with E-state index in [-0.39, 0.29) is 6.10 Å². The molecule has 1 atom stereocenters. The molecule has 1 aliphatic heterocycles. The monoisotopic (exact) mass is 301 g/mol. The fraction of sp³-hybridized carbons (Fsp3) is 0.444. The molecule has 1 aliphatic rings. The molecule has 1 fully saturated rings. The minimum absolute atomic E-state index is 0.198. The first-order valence-corrected chi connectivity index (χ1v) is 8.66. The van der Waals surface area contributed by atoms with E-state index in [9.17, 15) is 5.11 Å². The Hall–Kier alpha value is -1.16. The Balaban J connectivity index is 1.46. The molecule has 1 saturated heterocycles. The number of rotatable bonds is 5. The van der Waals surface area contributed by atoms with Crippen LogP contribution >= 0.6 is 11.3 Å². The SMILES string of the molecule is O[C@@H](Cc1ccccc1)C1CCN(Cc2cccs2)CC1. The van der Waals surface area contributed by atoms with Gasteiger partial charge in [-0.25, -0.2) is 0 Å². The summed E-state index contributed by atoms with van der Waals surface area (Å²) in [6, 6.07) is 14.7. The zero-order chi connectivity index (χ0) is 14.5. The standard InChI is InChI=1S/C18H23NOS/c20-18(13-15-5-2-1-3-6-15)16-8-10-19(11-9-16)14-17-7-4-12-21-17/h1-7,12,16,18,20H,8-11,13-14H2/t18-/m0/s1. The molecule has 1 aromatic heterocycles. The fourth-order valence-electron chi connectivity index (χ4n) is 3.14. The Morgan fingerprint density at radius 1 is 1.10 bits per heavy atom. The van der Waals surface area contributed by atoms with Gasteiger partial charge in [-0.3, -0.25) is 4.90 Å². The van der Waals surface area contributed by atoms with Crippen LogP contribution in [0.2, 0.25) is 0 Å². The highest BCUT2D eigenvalue weighted by atomic mass is 32.1. The van der Waals surface area contributed by atoms with Gasteiger partial charge < -0.3 is 5.11 Å². The maximum atomic E-state index is 10.5. The molecule has 0 radical (unpaired) electrons. The van der Waals surface area contributed by atoms with E-state index in [1.165, 1.54) is 10.4 Å². The van der Waals surface area contributed by atoms with Crippen molar-refractivity contribution in [1.82, 2.24) is 4.90 Å². The van der Waals surface area contributed by atoms with Gasteiger partial charge in [0.2, 0.25) is 0 Å². The fourth-order valence-corrected chi connectivity index (χ4v) is 3.89. The van der Waals surface area contributed by atoms with Crippen LogP contribution < -0.4 is 0 Å². The molecular weight excluding hydrogens is 278 g/mol. The Morgan fingerprint density at radius 2 is 1.86 bits per heavy atom. The Morgan fingerprint density at radius 3 is 2.52 bits per heavy atom. The molecule has 21 heavy (non-hydrogen) atoms. The van der Waals surface area contributed by atoms with E-state index in [4.69, 9.17) is 0 Å². The van der Waals surface area contributed by atoms with Crippen molar-refractivity contribution in [2.45, 2.75) is 31.9 Å². The van der Waals surface area contributed by atoms with Crippen molar-refractivity contribution in [3.63, 3.8) is 0 Å². The van der Waals surface area contributed by atoms with Crippen molar-refractivity contribution in [2.24, 2.45) is 5.92 Å². The number of likely N-dealkylation sites (tertiary alicyclic amines) is 1. The molecule has 3 rings (SSSR count). The number of thiophene rings is 1. The number of nitrogens with zero attached hydrogens (tertiary/aromatic N) is 1. The molecule has 0 spiro atoms. The maximum Gasteiger partial charge on any atom is 0.0609 e. The van der Waals surface area contributed by atoms with Crippen LogP contribution in [-0.4, -0.2) is 29.2 Å². The lowest BCUT2D eigenvalue weighted by atomic mass is 9.88. The van der Waals surface area contributed by atoms with Gasteiger partial charge in [0.1, 0.15) is 0 Å². The van der Waals surface area contributed by atoms with Crippen LogP contribution in [0, 0.1) is 5.92 Å². The van der Waals surface area contributed by atoms with E-state index in [2.05, 4.69) is 34.5 Å². The summed E-state index contributed by atoms with van der Waals surface area (Å²) in [6.07, 6.45) is 2.81. The zero-order valence-electron chi connectivity index (χ0n) is 12.3. The van der Waals surface area contributed by atoms with Crippen LogP contribution in [-0.2, 0) is 13.0 Å². The van der Waals surface area contributed by atoms with Gasteiger partial charge in [-0.2, -0.15) is 0 Å². The van der Waals surface area contributed by atoms with E-state index in [0.29, 0.717) is 5.92 Å². The first-order chi connectivity index (χ1) is 10.3. The molecule has 0 bridgehead atoms. The average molecular weight is 301 g/mol. The summed E-state index contributed by atoms with van der Waals surface area (Å²) in [5, 5.41) is 12.6. The summed E-state index contributed by atoms with van der Waals surface area (Å²) in [5.74, 6) is 0.449. The van der Waals surface area contributed by atoms with E-state index < -0.39 is 0 Å². The van der Waals surface area contributed by atoms with Gasteiger partial charge in [0.25, 0.3) is 0 Å². The molecule has 0 unspecified atom stereocenters. The number of piperidine rings is 1. The average Bonchev–Trinajstić information content (AvgIpc) is 3.02. The highest BCUT2D eigenvalue weighted by molar-refractivity contribution is 7.09. The first-order valence-electron chi connectivity index (χ1n) is 7.78. The number of aliphatic hydroxyl groups is 1. The zero-order valence-corrected chi connectivity index (χ0v) is 13.1. The lowest BCUT2D eigenvalue weighted by Crippen LogP contribution is -2.37. The summed E-state index contributed by atoms with van der Waals surface area (Å²) in [7, 11) is 0. The van der Waals surface area contributed by atoms with E-state index in [1.807, 2.05) is 29.5 Å². The highest BCUT2D eigenvalue weighted by Gasteiger charge is 2.25. The molecule has 0 saturated carbocycles. The Labute approximate surface area is 131 Å². The van der Waals surface area contributed by atoms with Gasteiger partial charge in [0.05, 0.1) is 6.10 Å². The predicted molar refractivity (Wildman–Crippen MR) is 88.5 cm³/mol. The Bertz CT molecular complexity index is 517. The normalized spacial score (nSPS) is 18.7. The molecule has 3 heteroatoms. The molecule has 2 nitrogen and oxygen atoms in total. The van der Waals surface area contributed by atoms with E-state index in [1.54, 1.807) is 0 Å². The van der Waals surface area contributed by atoms with Crippen molar-refractivity contribution in [2.75, 3.05) is 13.1 Å². The van der Waals surface area contributed by atoms with Crippen molar-refractivity contribution >= 4 is 11.3 Å². The van der Waals surface area contributed by atoms with Gasteiger partial charge in [-0.1, -0.05) is 36.4 Å². The van der Waals surface area contributed by atoms with E-state index in [0.717, 1.165) is 38.9 Å². The van der Waals surface area contributed by atoms with Crippen LogP contribution in [0.15, 0.2) is 47.8 Å². The molecular formula is C18H23NOS. The molecule has 1 N–H and O–H groups in total. The number of hydrogen-bond acceptors (Lipinski definition) is 3. The van der Waals surface area contributed by atoms with Crippen molar-refractivity contribution < 1.29 is 5.11 Å². The second-order valence-corrected chi connectivity index (χ2v) is 6.98. The molecule has 1 aromatic carbocycles. The summed E-state index contributed by atoms with van der Waals surface area (Å²) in [6.45, 7) is 3.28. The number of aliphatic hydroxyl groups excluding tert-OH is 1. The largest absolute Gasteiger partial charge is 0.392 e. The summed E-state index contributed by atoms with van der Waals surface area (Å²) in [5.41, 5.74) is 1.24. The third kappa shape index (κ3) is 4.16. The highest BCUT2D eigenvalue weighted by Crippen LogP contribution is 2.24. The smallest absolute Gasteiger partial charge is 0.0609 e. The van der Waals surface area contributed by atoms with Gasteiger partial charge in [0.15, 0.2) is 0 Å². The van der Waals surface area contributed by atoms with Gasteiger partial charge >= 0.3 is 0 Å². The van der Waals surface area contributed by atoms with Crippen LogP contribution in [0.25, 0.3) is 0 Å². The van der Waals surface area contributed by atoms with E-state index >= 15 is 0 Å². The molecule has 112 valence electrons. The van der Waals surface area contributed by atoms with Gasteiger partial charge in [-0.15, -0.1) is 11.3 Å². The third-order valence-corrected chi connectivity index (χ3v) is 5.28. The topological polar surface area (TPSA) is 23.5 Å². The minimum atomic E-state index is -0.198. The van der Waals surface area contributed by atoms with Gasteiger partial charge in [0, 0.05) is 11.4 Å². The predicted octanol–water partition coefficient (Wildman–Crippen LogP) is 3.56. The number of hydrogen-bond donors (Lipinski definition) is 1. The maximum absolute atomic E-state index is 10.5. The summed E-state index contributed by atoms with van der Waals surface area (Å²) < 4.78 is 0. The molecule has 0 amide bonds. The third-order valence-electron chi connectivity index (χ3n) is 4.42. The van der Waals surface area contributed by atoms with Crippen LogP contribution in [0.4, 0.5) is 0 Å². The van der Waals surface area contributed by atoms with Gasteiger partial charge in [-0.05, 0) is 55.3 Å². The first kappa shape index (κ1) is 14.8. The summed E-state index contributed by atoms with van der Waals surface area (Å²) in [4.78, 5) is 3.95. The summed E-state index contributed by atoms with van der Waals surface area (Å²) >= 11 is 1.83. The van der Waals surface area contributed by atoms with Crippen molar-refractivity contribution in [3.8, 4) is 0 Å². The lowest BCUT2D eigenvalue weighted by molar-refractivity contribution is 0.0579. The molecule has 2 aromatic rings. The second kappa shape index (κ2) is 7.21. The number of benzene rings is 1. The van der Waals surface area contributed by atoms with Crippen LogP contribution in [0.5, 0.6) is 0 Å². The van der Waals surface area contributed by atoms with Crippen molar-refractivity contribution in [1.29, 1.82) is 0 Å². The second-order valence-electron chi connectivity index (χ2n) is 5.95. The van der Waals surface area contributed by atoms with Crippen molar-refractivity contribution in [3.05, 3.63) is 58.3 Å². The van der Waals surface area contributed by atoms with Crippen LogP contribution in [0.1, 0.15) is 23.3 Å².